The van der Waals surface area contributed by atoms with Crippen LogP contribution in [0.5, 0.6) is 0 Å². The molecule has 5 nitrogen and oxygen atoms in total. The molecule has 1 heterocycles. The lowest BCUT2D eigenvalue weighted by Gasteiger charge is -2.28. The van der Waals surface area contributed by atoms with Crippen molar-refractivity contribution in [2.24, 2.45) is 11.3 Å². The molecule has 0 bridgehead atoms. The highest BCUT2D eigenvalue weighted by Crippen LogP contribution is 2.38. The monoisotopic (exact) mass is 242 g/mol. The summed E-state index contributed by atoms with van der Waals surface area (Å²) in [5.74, 6) is -0.733. The van der Waals surface area contributed by atoms with Gasteiger partial charge in [0, 0.05) is 13.1 Å². The van der Waals surface area contributed by atoms with Gasteiger partial charge in [-0.3, -0.25) is 9.59 Å². The Bertz CT molecular complexity index is 315. The second-order valence-corrected chi connectivity index (χ2v) is 5.42. The fourth-order valence-corrected chi connectivity index (χ4v) is 2.31. The molecule has 5 heteroatoms. The van der Waals surface area contributed by atoms with Gasteiger partial charge in [0.05, 0.1) is 12.0 Å². The standard InChI is InChI=1S/C12H22N2O3/c1-9(2)12(11(16)17)5-6-14(8-12)10(15)7-13(3)4/h9H,5-8H2,1-4H3,(H,16,17). The number of hydrogen-bond acceptors (Lipinski definition) is 3. The van der Waals surface area contributed by atoms with Crippen LogP contribution < -0.4 is 0 Å². The number of likely N-dealkylation sites (tertiary alicyclic amines) is 1. The number of carboxylic acids is 1. The maximum absolute atomic E-state index is 11.9. The normalized spacial score (nSPS) is 24.7. The molecule has 1 N–H and O–H groups in total. The zero-order valence-corrected chi connectivity index (χ0v) is 11.1. The molecule has 0 radical (unpaired) electrons. The van der Waals surface area contributed by atoms with E-state index in [1.165, 1.54) is 0 Å². The van der Waals surface area contributed by atoms with Gasteiger partial charge in [0.15, 0.2) is 0 Å². The Kier molecular flexibility index (Phi) is 4.14. The van der Waals surface area contributed by atoms with Crippen LogP contribution in [0.1, 0.15) is 20.3 Å². The second kappa shape index (κ2) is 5.04. The molecule has 1 amide bonds. The number of amides is 1. The fraction of sp³-hybridized carbons (Fsp3) is 0.833. The van der Waals surface area contributed by atoms with Crippen molar-refractivity contribution in [3.05, 3.63) is 0 Å². The summed E-state index contributed by atoms with van der Waals surface area (Å²) in [6, 6.07) is 0. The van der Waals surface area contributed by atoms with Crippen LogP contribution >= 0.6 is 0 Å². The molecule has 0 aromatic heterocycles. The Morgan fingerprint density at radius 1 is 1.41 bits per heavy atom. The third-order valence-electron chi connectivity index (χ3n) is 3.64. The van der Waals surface area contributed by atoms with Crippen LogP contribution in [0.4, 0.5) is 0 Å². The molecule has 0 saturated carbocycles. The van der Waals surface area contributed by atoms with Crippen LogP contribution in [0, 0.1) is 11.3 Å². The van der Waals surface area contributed by atoms with Crippen molar-refractivity contribution in [3.63, 3.8) is 0 Å². The van der Waals surface area contributed by atoms with Gasteiger partial charge in [-0.15, -0.1) is 0 Å². The van der Waals surface area contributed by atoms with Crippen LogP contribution in [0.15, 0.2) is 0 Å². The molecule has 1 unspecified atom stereocenters. The largest absolute Gasteiger partial charge is 0.481 e. The van der Waals surface area contributed by atoms with Gasteiger partial charge in [0.2, 0.25) is 5.91 Å². The molecule has 0 aromatic carbocycles. The van der Waals surface area contributed by atoms with Gasteiger partial charge in [-0.05, 0) is 26.4 Å². The molecule has 0 aliphatic carbocycles. The van der Waals surface area contributed by atoms with E-state index in [1.807, 2.05) is 27.9 Å². The number of carboxylic acid groups (broad SMARTS) is 1. The molecular weight excluding hydrogens is 220 g/mol. The van der Waals surface area contributed by atoms with Crippen molar-refractivity contribution < 1.29 is 14.7 Å². The van der Waals surface area contributed by atoms with Gasteiger partial charge in [0.25, 0.3) is 0 Å². The number of carbonyl (C=O) groups excluding carboxylic acids is 1. The van der Waals surface area contributed by atoms with Crippen LogP contribution in [0.3, 0.4) is 0 Å². The molecule has 0 spiro atoms. The van der Waals surface area contributed by atoms with Gasteiger partial charge in [-0.1, -0.05) is 13.8 Å². The smallest absolute Gasteiger partial charge is 0.311 e. The average Bonchev–Trinajstić information content (AvgIpc) is 2.61. The summed E-state index contributed by atoms with van der Waals surface area (Å²) in [5, 5.41) is 9.37. The zero-order chi connectivity index (χ0) is 13.2. The van der Waals surface area contributed by atoms with E-state index in [9.17, 15) is 14.7 Å². The number of likely N-dealkylation sites (N-methyl/N-ethyl adjacent to an activating group) is 1. The highest BCUT2D eigenvalue weighted by Gasteiger charge is 2.48. The lowest BCUT2D eigenvalue weighted by molar-refractivity contribution is -0.151. The second-order valence-electron chi connectivity index (χ2n) is 5.42. The first-order chi connectivity index (χ1) is 7.79. The van der Waals surface area contributed by atoms with E-state index >= 15 is 0 Å². The molecule has 1 rings (SSSR count). The summed E-state index contributed by atoms with van der Waals surface area (Å²) < 4.78 is 0. The van der Waals surface area contributed by atoms with E-state index in [0.717, 1.165) is 0 Å². The molecule has 1 saturated heterocycles. The van der Waals surface area contributed by atoms with Gasteiger partial charge in [-0.25, -0.2) is 0 Å². The summed E-state index contributed by atoms with van der Waals surface area (Å²) >= 11 is 0. The molecule has 1 atom stereocenters. The first-order valence-electron chi connectivity index (χ1n) is 5.95. The van der Waals surface area contributed by atoms with Crippen molar-refractivity contribution in [2.75, 3.05) is 33.7 Å². The van der Waals surface area contributed by atoms with E-state index < -0.39 is 11.4 Å². The first-order valence-corrected chi connectivity index (χ1v) is 5.95. The fourth-order valence-electron chi connectivity index (χ4n) is 2.31. The Morgan fingerprint density at radius 2 is 2.00 bits per heavy atom. The van der Waals surface area contributed by atoms with Crippen LogP contribution in [-0.2, 0) is 9.59 Å². The predicted molar refractivity (Wildman–Crippen MR) is 64.7 cm³/mol. The van der Waals surface area contributed by atoms with Crippen molar-refractivity contribution >= 4 is 11.9 Å². The Hall–Kier alpha value is -1.10. The van der Waals surface area contributed by atoms with E-state index in [0.29, 0.717) is 26.1 Å². The minimum absolute atomic E-state index is 0.0128. The SMILES string of the molecule is CC(C)C1(C(=O)O)CCN(C(=O)CN(C)C)C1. The third-order valence-corrected chi connectivity index (χ3v) is 3.64. The molecule has 98 valence electrons. The molecule has 17 heavy (non-hydrogen) atoms. The average molecular weight is 242 g/mol. The zero-order valence-electron chi connectivity index (χ0n) is 11.1. The van der Waals surface area contributed by atoms with E-state index in [4.69, 9.17) is 0 Å². The summed E-state index contributed by atoms with van der Waals surface area (Å²) in [6.07, 6.45) is 0.555. The van der Waals surface area contributed by atoms with E-state index in [2.05, 4.69) is 0 Å². The Balaban J connectivity index is 2.73. The van der Waals surface area contributed by atoms with Crippen LogP contribution in [0.25, 0.3) is 0 Å². The summed E-state index contributed by atoms with van der Waals surface area (Å²) in [5.41, 5.74) is -0.762. The first kappa shape index (κ1) is 14.0. The van der Waals surface area contributed by atoms with Gasteiger partial charge < -0.3 is 14.9 Å². The minimum atomic E-state index is -0.785. The molecular formula is C12H22N2O3. The van der Waals surface area contributed by atoms with Gasteiger partial charge in [0.1, 0.15) is 0 Å². The highest BCUT2D eigenvalue weighted by molar-refractivity contribution is 5.82. The van der Waals surface area contributed by atoms with Crippen molar-refractivity contribution in [3.8, 4) is 0 Å². The maximum atomic E-state index is 11.9. The number of aliphatic carboxylic acids is 1. The molecule has 1 aliphatic heterocycles. The van der Waals surface area contributed by atoms with Crippen molar-refractivity contribution in [1.82, 2.24) is 9.80 Å². The quantitative estimate of drug-likeness (QED) is 0.780. The maximum Gasteiger partial charge on any atom is 0.311 e. The molecule has 1 fully saturated rings. The summed E-state index contributed by atoms with van der Waals surface area (Å²) in [7, 11) is 3.67. The molecule has 1 aliphatic rings. The van der Waals surface area contributed by atoms with Crippen LogP contribution in [-0.4, -0.2) is 60.5 Å². The van der Waals surface area contributed by atoms with E-state index in [1.54, 1.807) is 9.80 Å². The van der Waals surface area contributed by atoms with Crippen molar-refractivity contribution in [1.29, 1.82) is 0 Å². The van der Waals surface area contributed by atoms with Gasteiger partial charge >= 0.3 is 5.97 Å². The third kappa shape index (κ3) is 2.77. The Labute approximate surface area is 102 Å². The predicted octanol–water partition coefficient (Wildman–Crippen LogP) is 0.507. The topological polar surface area (TPSA) is 60.9 Å². The van der Waals surface area contributed by atoms with Crippen LogP contribution in [0.2, 0.25) is 0 Å². The summed E-state index contributed by atoms with van der Waals surface area (Å²) in [4.78, 5) is 26.8. The molecule has 0 aromatic rings. The van der Waals surface area contributed by atoms with E-state index in [-0.39, 0.29) is 11.8 Å². The van der Waals surface area contributed by atoms with Gasteiger partial charge in [-0.2, -0.15) is 0 Å². The minimum Gasteiger partial charge on any atom is -0.481 e. The van der Waals surface area contributed by atoms with Crippen molar-refractivity contribution in [2.45, 2.75) is 20.3 Å². The number of rotatable bonds is 4. The lowest BCUT2D eigenvalue weighted by Crippen LogP contribution is -2.42. The number of nitrogens with zero attached hydrogens (tertiary/aromatic N) is 2. The highest BCUT2D eigenvalue weighted by atomic mass is 16.4. The summed E-state index contributed by atoms with van der Waals surface area (Å²) in [6.45, 7) is 5.06. The number of hydrogen-bond donors (Lipinski definition) is 1. The lowest BCUT2D eigenvalue weighted by atomic mass is 9.76. The Morgan fingerprint density at radius 3 is 2.35 bits per heavy atom. The number of carbonyl (C=O) groups is 2.